The summed E-state index contributed by atoms with van der Waals surface area (Å²) in [5.41, 5.74) is 1.21. The van der Waals surface area contributed by atoms with Gasteiger partial charge in [-0.25, -0.2) is 0 Å². The van der Waals surface area contributed by atoms with Crippen LogP contribution in [0.15, 0.2) is 0 Å². The third kappa shape index (κ3) is 4.50. The molecule has 0 bridgehead atoms. The largest absolute Gasteiger partial charge is 0.0901 e. The van der Waals surface area contributed by atoms with Crippen LogP contribution in [0.5, 0.6) is 0 Å². The van der Waals surface area contributed by atoms with Crippen LogP contribution in [0.2, 0.25) is 0 Å². The van der Waals surface area contributed by atoms with Gasteiger partial charge in [-0.2, -0.15) is 0 Å². The first-order valence-corrected chi connectivity index (χ1v) is 6.83. The highest BCUT2D eigenvalue weighted by Crippen LogP contribution is 2.49. The number of hydrogen-bond donors (Lipinski definition) is 0. The minimum Gasteiger partial charge on any atom is -0.0901 e. The van der Waals surface area contributed by atoms with Crippen molar-refractivity contribution in [1.29, 1.82) is 0 Å². The van der Waals surface area contributed by atoms with E-state index in [1.54, 1.807) is 22.6 Å². The monoisotopic (exact) mass is 313 g/mol. The standard InChI is InChI=1S/C12H24.CH3I/c1-6-12(5)8-10(2)7-11(3,4)9-12;1-2/h10H,6-9H2,1-5H3;1H3/i;1TD. The predicted molar refractivity (Wildman–Crippen MR) is 75.1 cm³/mol. The topological polar surface area (TPSA) is 0 Å². The lowest BCUT2D eigenvalue weighted by Gasteiger charge is -2.45. The Morgan fingerprint density at radius 3 is 2.36 bits per heavy atom. The molecular weight excluding hydrogens is 283 g/mol. The Hall–Kier alpha value is 0.730. The number of halogens is 1. The molecule has 86 valence electrons. The van der Waals surface area contributed by atoms with Gasteiger partial charge in [0.1, 0.15) is 0 Å². The fourth-order valence-electron chi connectivity index (χ4n) is 3.43. The summed E-state index contributed by atoms with van der Waals surface area (Å²) < 4.78 is 12.5. The molecule has 0 aromatic heterocycles. The second-order valence-electron chi connectivity index (χ2n) is 6.02. The minimum atomic E-state index is -0.697. The normalized spacial score (nSPS) is 40.0. The van der Waals surface area contributed by atoms with Crippen molar-refractivity contribution >= 4 is 22.6 Å². The van der Waals surface area contributed by atoms with E-state index in [1.165, 1.54) is 25.7 Å². The highest BCUT2D eigenvalue weighted by Gasteiger charge is 2.38. The van der Waals surface area contributed by atoms with E-state index >= 15 is 0 Å². The van der Waals surface area contributed by atoms with Gasteiger partial charge < -0.3 is 0 Å². The van der Waals surface area contributed by atoms with Gasteiger partial charge in [-0.05, 0) is 40.9 Å². The lowest BCUT2D eigenvalue weighted by Crippen LogP contribution is -2.34. The molecule has 14 heavy (non-hydrogen) atoms. The minimum absolute atomic E-state index is 0.586. The molecule has 1 saturated carbocycles. The van der Waals surface area contributed by atoms with E-state index in [4.69, 9.17) is 2.74 Å². The van der Waals surface area contributed by atoms with Crippen LogP contribution in [0.3, 0.4) is 0 Å². The first-order valence-electron chi connectivity index (χ1n) is 6.74. The molecule has 0 heterocycles. The molecular formula is C13H27I. The van der Waals surface area contributed by atoms with Crippen LogP contribution in [0, 0.1) is 16.7 Å². The summed E-state index contributed by atoms with van der Waals surface area (Å²) in [6, 6.07) is 0. The van der Waals surface area contributed by atoms with Crippen molar-refractivity contribution in [2.45, 2.75) is 60.3 Å². The van der Waals surface area contributed by atoms with Crippen LogP contribution >= 0.6 is 22.6 Å². The Bertz CT molecular complexity index is 201. The molecule has 0 aromatic rings. The van der Waals surface area contributed by atoms with Gasteiger partial charge in [0.2, 0.25) is 0 Å². The molecule has 3 atom stereocenters. The number of hydrogen-bond acceptors (Lipinski definition) is 0. The van der Waals surface area contributed by atoms with Gasteiger partial charge in [-0.3, -0.25) is 0 Å². The lowest BCUT2D eigenvalue weighted by atomic mass is 9.60. The van der Waals surface area contributed by atoms with Crippen LogP contribution in [0.25, 0.3) is 0 Å². The Balaban J connectivity index is 0.000000487. The molecule has 0 N–H and O–H groups in total. The highest BCUT2D eigenvalue weighted by atomic mass is 127. The molecule has 1 aliphatic carbocycles. The summed E-state index contributed by atoms with van der Waals surface area (Å²) in [5.74, 6) is 0.929. The molecule has 1 rings (SSSR count). The lowest BCUT2D eigenvalue weighted by molar-refractivity contribution is 0.0582. The van der Waals surface area contributed by atoms with Crippen molar-refractivity contribution in [3.8, 4) is 0 Å². The molecule has 1 heteroatoms. The average molecular weight is 313 g/mol. The first-order chi connectivity index (χ1) is 7.10. The van der Waals surface area contributed by atoms with Gasteiger partial charge in [-0.15, -0.1) is 0 Å². The van der Waals surface area contributed by atoms with Gasteiger partial charge in [0, 0.05) is 2.74 Å². The van der Waals surface area contributed by atoms with Gasteiger partial charge >= 0.3 is 0 Å². The summed E-state index contributed by atoms with van der Waals surface area (Å²) in [4.78, 5) is -0.697. The Morgan fingerprint density at radius 1 is 1.50 bits per heavy atom. The van der Waals surface area contributed by atoms with Gasteiger partial charge in [0.15, 0.2) is 0 Å². The zero-order valence-corrected chi connectivity index (χ0v) is 12.5. The molecule has 0 spiro atoms. The SMILES string of the molecule is CCC1(C)CC(C)CC(C)(C)C1.[2H]C([3H])I. The van der Waals surface area contributed by atoms with Gasteiger partial charge in [0.25, 0.3) is 0 Å². The molecule has 1 aliphatic rings. The quantitative estimate of drug-likeness (QED) is 0.455. The van der Waals surface area contributed by atoms with Crippen LogP contribution in [0.1, 0.15) is 63.0 Å². The highest BCUT2D eigenvalue weighted by molar-refractivity contribution is 14.1. The summed E-state index contributed by atoms with van der Waals surface area (Å²) in [6.07, 6.45) is 5.62. The van der Waals surface area contributed by atoms with Crippen LogP contribution in [0.4, 0.5) is 0 Å². The smallest absolute Gasteiger partial charge is 0.0341 e. The average Bonchev–Trinajstić information content (AvgIpc) is 1.98. The van der Waals surface area contributed by atoms with Crippen LogP contribution in [-0.2, 0) is 0 Å². The molecule has 0 aromatic carbocycles. The molecule has 0 amide bonds. The van der Waals surface area contributed by atoms with Crippen molar-refractivity contribution in [2.24, 2.45) is 16.7 Å². The maximum Gasteiger partial charge on any atom is 0.0341 e. The Labute approximate surface area is 107 Å². The Morgan fingerprint density at radius 2 is 2.00 bits per heavy atom. The molecule has 0 saturated heterocycles. The van der Waals surface area contributed by atoms with E-state index < -0.39 is 4.88 Å². The van der Waals surface area contributed by atoms with Gasteiger partial charge in [0.05, 0.1) is 0 Å². The zero-order valence-electron chi connectivity index (χ0n) is 12.4. The molecule has 1 fully saturated rings. The van der Waals surface area contributed by atoms with Crippen molar-refractivity contribution < 1.29 is 2.74 Å². The van der Waals surface area contributed by atoms with E-state index in [1.807, 2.05) is 0 Å². The summed E-state index contributed by atoms with van der Waals surface area (Å²) in [6.45, 7) is 12.1. The zero-order chi connectivity index (χ0) is 13.0. The molecule has 3 unspecified atom stereocenters. The fraction of sp³-hybridized carbons (Fsp3) is 1.00. The molecule has 0 radical (unpaired) electrons. The second-order valence-corrected chi connectivity index (χ2v) is 6.02. The van der Waals surface area contributed by atoms with E-state index in [9.17, 15) is 0 Å². The van der Waals surface area contributed by atoms with Crippen molar-refractivity contribution in [3.63, 3.8) is 0 Å². The third-order valence-corrected chi connectivity index (χ3v) is 3.50. The Kier molecular flexibility index (Phi) is 4.58. The van der Waals surface area contributed by atoms with E-state index in [2.05, 4.69) is 34.6 Å². The van der Waals surface area contributed by atoms with Crippen molar-refractivity contribution in [1.82, 2.24) is 0 Å². The van der Waals surface area contributed by atoms with Crippen LogP contribution in [-0.4, -0.2) is 4.88 Å². The summed E-state index contributed by atoms with van der Waals surface area (Å²) in [7, 11) is 0. The summed E-state index contributed by atoms with van der Waals surface area (Å²) >= 11 is 1.68. The maximum absolute atomic E-state index is 6.24. The van der Waals surface area contributed by atoms with E-state index in [0.717, 1.165) is 5.92 Å². The predicted octanol–water partition coefficient (Wildman–Crippen LogP) is 5.30. The first kappa shape index (κ1) is 11.2. The van der Waals surface area contributed by atoms with Crippen molar-refractivity contribution in [2.75, 3.05) is 4.88 Å². The van der Waals surface area contributed by atoms with Crippen LogP contribution < -0.4 is 0 Å². The second kappa shape index (κ2) is 5.72. The van der Waals surface area contributed by atoms with Gasteiger partial charge in [-0.1, -0.05) is 63.6 Å². The summed E-state index contributed by atoms with van der Waals surface area (Å²) in [5, 5.41) is 0. The third-order valence-electron chi connectivity index (χ3n) is 3.50. The number of alkyl halides is 1. The fourth-order valence-corrected chi connectivity index (χ4v) is 3.43. The molecule has 0 aliphatic heterocycles. The maximum atomic E-state index is 6.24. The number of rotatable bonds is 1. The molecule has 0 nitrogen and oxygen atoms in total. The van der Waals surface area contributed by atoms with E-state index in [-0.39, 0.29) is 0 Å². The van der Waals surface area contributed by atoms with Crippen molar-refractivity contribution in [3.05, 3.63) is 0 Å². The van der Waals surface area contributed by atoms with E-state index in [0.29, 0.717) is 10.8 Å².